The Balaban J connectivity index is 2.26. The van der Waals surface area contributed by atoms with Gasteiger partial charge in [0.1, 0.15) is 0 Å². The summed E-state index contributed by atoms with van der Waals surface area (Å²) in [7, 11) is 0. The average Bonchev–Trinajstić information content (AvgIpc) is 2.48. The summed E-state index contributed by atoms with van der Waals surface area (Å²) in [5.74, 6) is 5.67. The minimum atomic E-state index is -0.139. The zero-order chi connectivity index (χ0) is 15.2. The lowest BCUT2D eigenvalue weighted by Crippen LogP contribution is -2.13. The van der Waals surface area contributed by atoms with Crippen molar-refractivity contribution < 1.29 is 4.79 Å². The molecule has 0 spiro atoms. The highest BCUT2D eigenvalue weighted by Crippen LogP contribution is 2.16. The molecule has 2 aromatic carbocycles. The predicted molar refractivity (Wildman–Crippen MR) is 86.2 cm³/mol. The smallest absolute Gasteiger partial charge is 0.255 e. The lowest BCUT2D eigenvalue weighted by molar-refractivity contribution is 0.102. The fraction of sp³-hybridized carbons (Fsp3) is 0.167. The first-order valence-corrected chi connectivity index (χ1v) is 6.78. The van der Waals surface area contributed by atoms with Gasteiger partial charge in [0.25, 0.3) is 5.91 Å². The van der Waals surface area contributed by atoms with E-state index in [4.69, 9.17) is 5.73 Å². The molecule has 106 valence electrons. The second-order valence-electron chi connectivity index (χ2n) is 4.80. The van der Waals surface area contributed by atoms with Crippen molar-refractivity contribution in [2.45, 2.75) is 13.8 Å². The van der Waals surface area contributed by atoms with Crippen LogP contribution in [0.3, 0.4) is 0 Å². The molecule has 3 N–H and O–H groups in total. The van der Waals surface area contributed by atoms with E-state index < -0.39 is 0 Å². The first kappa shape index (κ1) is 14.8. The van der Waals surface area contributed by atoms with Crippen LogP contribution in [-0.2, 0) is 0 Å². The molecule has 0 aliphatic carbocycles. The topological polar surface area (TPSA) is 55.1 Å². The molecular formula is C18H18N2O. The highest BCUT2D eigenvalue weighted by atomic mass is 16.1. The molecule has 0 atom stereocenters. The fourth-order valence-corrected chi connectivity index (χ4v) is 1.95. The number of amides is 1. The van der Waals surface area contributed by atoms with E-state index >= 15 is 0 Å². The molecular weight excluding hydrogens is 260 g/mol. The van der Waals surface area contributed by atoms with Crippen LogP contribution < -0.4 is 11.1 Å². The van der Waals surface area contributed by atoms with Crippen LogP contribution in [0.1, 0.15) is 27.0 Å². The lowest BCUT2D eigenvalue weighted by atomic mass is 10.0. The highest BCUT2D eigenvalue weighted by molar-refractivity contribution is 6.04. The van der Waals surface area contributed by atoms with E-state index in [0.717, 1.165) is 22.4 Å². The van der Waals surface area contributed by atoms with E-state index in [-0.39, 0.29) is 5.91 Å². The van der Waals surface area contributed by atoms with Crippen molar-refractivity contribution in [2.75, 3.05) is 11.9 Å². The van der Waals surface area contributed by atoms with Gasteiger partial charge in [0.15, 0.2) is 0 Å². The molecule has 0 saturated heterocycles. The Morgan fingerprint density at radius 3 is 2.62 bits per heavy atom. The second-order valence-corrected chi connectivity index (χ2v) is 4.80. The number of carbonyl (C=O) groups excluding carboxylic acids is 1. The predicted octanol–water partition coefficient (Wildman–Crippen LogP) is 2.87. The average molecular weight is 278 g/mol. The SMILES string of the molecule is Cc1ccc(C(=O)Nc2ccccc2C)cc1C#CCN. The molecule has 0 unspecified atom stereocenters. The number of benzene rings is 2. The molecule has 0 fully saturated rings. The van der Waals surface area contributed by atoms with Crippen LogP contribution in [0, 0.1) is 25.7 Å². The summed E-state index contributed by atoms with van der Waals surface area (Å²) >= 11 is 0. The number of hydrogen-bond donors (Lipinski definition) is 2. The quantitative estimate of drug-likeness (QED) is 0.830. The van der Waals surface area contributed by atoms with Crippen LogP contribution >= 0.6 is 0 Å². The number of nitrogens with one attached hydrogen (secondary N) is 1. The first-order valence-electron chi connectivity index (χ1n) is 6.78. The van der Waals surface area contributed by atoms with Crippen molar-refractivity contribution >= 4 is 11.6 Å². The van der Waals surface area contributed by atoms with E-state index in [9.17, 15) is 4.79 Å². The van der Waals surface area contributed by atoms with Crippen molar-refractivity contribution in [1.29, 1.82) is 0 Å². The van der Waals surface area contributed by atoms with Gasteiger partial charge in [-0.3, -0.25) is 4.79 Å². The number of para-hydroxylation sites is 1. The third-order valence-electron chi connectivity index (χ3n) is 3.22. The van der Waals surface area contributed by atoms with Crippen molar-refractivity contribution in [2.24, 2.45) is 5.73 Å². The Labute approximate surface area is 125 Å². The molecule has 0 aliphatic rings. The van der Waals surface area contributed by atoms with E-state index in [2.05, 4.69) is 17.2 Å². The molecule has 0 saturated carbocycles. The van der Waals surface area contributed by atoms with Gasteiger partial charge < -0.3 is 11.1 Å². The second kappa shape index (κ2) is 6.74. The lowest BCUT2D eigenvalue weighted by Gasteiger charge is -2.09. The van der Waals surface area contributed by atoms with Crippen molar-refractivity contribution in [3.05, 3.63) is 64.7 Å². The van der Waals surface area contributed by atoms with E-state index in [1.165, 1.54) is 0 Å². The molecule has 0 radical (unpaired) electrons. The minimum absolute atomic E-state index is 0.139. The summed E-state index contributed by atoms with van der Waals surface area (Å²) in [6.07, 6.45) is 0. The van der Waals surface area contributed by atoms with Crippen molar-refractivity contribution in [1.82, 2.24) is 0 Å². The van der Waals surface area contributed by atoms with Gasteiger partial charge in [-0.05, 0) is 43.2 Å². The molecule has 0 bridgehead atoms. The molecule has 0 aliphatic heterocycles. The third kappa shape index (κ3) is 3.71. The largest absolute Gasteiger partial charge is 0.322 e. The number of carbonyl (C=O) groups is 1. The Morgan fingerprint density at radius 1 is 1.14 bits per heavy atom. The van der Waals surface area contributed by atoms with Gasteiger partial charge in [-0.15, -0.1) is 0 Å². The maximum atomic E-state index is 12.3. The van der Waals surface area contributed by atoms with Crippen LogP contribution in [0.25, 0.3) is 0 Å². The van der Waals surface area contributed by atoms with Gasteiger partial charge in [0.2, 0.25) is 0 Å². The Hall–Kier alpha value is -2.57. The number of aryl methyl sites for hydroxylation is 2. The summed E-state index contributed by atoms with van der Waals surface area (Å²) in [5, 5.41) is 2.92. The Morgan fingerprint density at radius 2 is 1.90 bits per heavy atom. The summed E-state index contributed by atoms with van der Waals surface area (Å²) in [6, 6.07) is 13.2. The number of hydrogen-bond acceptors (Lipinski definition) is 2. The zero-order valence-electron chi connectivity index (χ0n) is 12.2. The van der Waals surface area contributed by atoms with E-state index in [1.54, 1.807) is 12.1 Å². The maximum absolute atomic E-state index is 12.3. The van der Waals surface area contributed by atoms with Gasteiger partial charge in [-0.25, -0.2) is 0 Å². The number of anilines is 1. The summed E-state index contributed by atoms with van der Waals surface area (Å²) in [6.45, 7) is 4.23. The normalized spacial score (nSPS) is 9.67. The molecule has 0 aromatic heterocycles. The summed E-state index contributed by atoms with van der Waals surface area (Å²) < 4.78 is 0. The maximum Gasteiger partial charge on any atom is 0.255 e. The van der Waals surface area contributed by atoms with Crippen LogP contribution in [-0.4, -0.2) is 12.5 Å². The van der Waals surface area contributed by atoms with Gasteiger partial charge in [-0.2, -0.15) is 0 Å². The first-order chi connectivity index (χ1) is 10.1. The van der Waals surface area contributed by atoms with Gasteiger partial charge in [-0.1, -0.05) is 36.1 Å². The molecule has 0 heterocycles. The van der Waals surface area contributed by atoms with Crippen molar-refractivity contribution in [3.8, 4) is 11.8 Å². The Bertz CT molecular complexity index is 723. The van der Waals surface area contributed by atoms with Gasteiger partial charge in [0.05, 0.1) is 6.54 Å². The van der Waals surface area contributed by atoms with Gasteiger partial charge >= 0.3 is 0 Å². The van der Waals surface area contributed by atoms with E-state index in [0.29, 0.717) is 12.1 Å². The number of nitrogens with two attached hydrogens (primary N) is 1. The monoisotopic (exact) mass is 278 g/mol. The zero-order valence-corrected chi connectivity index (χ0v) is 12.2. The molecule has 3 heteroatoms. The molecule has 1 amide bonds. The Kier molecular flexibility index (Phi) is 4.76. The molecule has 21 heavy (non-hydrogen) atoms. The number of rotatable bonds is 2. The highest BCUT2D eigenvalue weighted by Gasteiger charge is 2.08. The molecule has 3 nitrogen and oxygen atoms in total. The minimum Gasteiger partial charge on any atom is -0.322 e. The van der Waals surface area contributed by atoms with Crippen LogP contribution in [0.5, 0.6) is 0 Å². The molecule has 2 aromatic rings. The van der Waals surface area contributed by atoms with Crippen LogP contribution in [0.2, 0.25) is 0 Å². The van der Waals surface area contributed by atoms with E-state index in [1.807, 2.05) is 44.2 Å². The van der Waals surface area contributed by atoms with Gasteiger partial charge in [0, 0.05) is 16.8 Å². The van der Waals surface area contributed by atoms with Crippen LogP contribution in [0.15, 0.2) is 42.5 Å². The third-order valence-corrected chi connectivity index (χ3v) is 3.22. The standard InChI is InChI=1S/C18H18N2O/c1-13-9-10-16(12-15(13)7-5-11-19)18(21)20-17-8-4-3-6-14(17)2/h3-4,6,8-10,12H,11,19H2,1-2H3,(H,20,21). The van der Waals surface area contributed by atoms with Crippen LogP contribution in [0.4, 0.5) is 5.69 Å². The molecule has 2 rings (SSSR count). The summed E-state index contributed by atoms with van der Waals surface area (Å²) in [5.41, 5.74) is 9.69. The fourth-order valence-electron chi connectivity index (χ4n) is 1.95. The summed E-state index contributed by atoms with van der Waals surface area (Å²) in [4.78, 5) is 12.3. The van der Waals surface area contributed by atoms with Crippen molar-refractivity contribution in [3.63, 3.8) is 0 Å².